The number of benzene rings is 5. The van der Waals surface area contributed by atoms with E-state index in [1.54, 1.807) is 0 Å². The van der Waals surface area contributed by atoms with Crippen molar-refractivity contribution in [1.29, 1.82) is 0 Å². The summed E-state index contributed by atoms with van der Waals surface area (Å²) in [5, 5.41) is 8.21. The summed E-state index contributed by atoms with van der Waals surface area (Å²) in [7, 11) is 0. The minimum Gasteiger partial charge on any atom is -0.493 e. The molecule has 5 aromatic carbocycles. The van der Waals surface area contributed by atoms with Crippen LogP contribution >= 0.6 is 22.7 Å². The van der Waals surface area contributed by atoms with Crippen LogP contribution in [0.4, 0.5) is 0 Å². The van der Waals surface area contributed by atoms with Crippen LogP contribution in [0, 0.1) is 0 Å². The first-order valence-corrected chi connectivity index (χ1v) is 21.4. The Kier molecular flexibility index (Phi) is 8.14. The molecule has 5 heterocycles. The van der Waals surface area contributed by atoms with Gasteiger partial charge in [-0.2, -0.15) is 0 Å². The van der Waals surface area contributed by atoms with Gasteiger partial charge in [-0.1, -0.05) is 108 Å². The molecule has 0 bridgehead atoms. The Labute approximate surface area is 309 Å². The molecule has 0 atom stereocenters. The summed E-state index contributed by atoms with van der Waals surface area (Å²) in [5.41, 5.74) is 10.1. The van der Waals surface area contributed by atoms with E-state index in [9.17, 15) is 0 Å². The van der Waals surface area contributed by atoms with Gasteiger partial charge in [0.05, 0.1) is 13.2 Å². The monoisotopic (exact) mass is 704 g/mol. The minimum atomic E-state index is 0.191. The minimum absolute atomic E-state index is 0.191. The van der Waals surface area contributed by atoms with Crippen molar-refractivity contribution >= 4 is 87.5 Å². The summed E-state index contributed by atoms with van der Waals surface area (Å²) in [4.78, 5) is 2.89. The topological polar surface area (TPSA) is 18.5 Å². The number of ether oxygens (including phenoxy) is 2. The molecule has 0 spiro atoms. The summed E-state index contributed by atoms with van der Waals surface area (Å²) >= 11 is 3.98. The van der Waals surface area contributed by atoms with E-state index in [1.807, 2.05) is 22.7 Å². The van der Waals surface area contributed by atoms with Gasteiger partial charge in [-0.3, -0.25) is 0 Å². The van der Waals surface area contributed by atoms with E-state index in [4.69, 9.17) is 9.47 Å². The molecule has 3 aliphatic heterocycles. The molecule has 0 aliphatic carbocycles. The third-order valence-corrected chi connectivity index (χ3v) is 14.3. The molecule has 2 nitrogen and oxygen atoms in total. The van der Waals surface area contributed by atoms with Crippen molar-refractivity contribution in [3.8, 4) is 43.5 Å². The maximum Gasteiger partial charge on any atom is 0.248 e. The molecule has 0 unspecified atom stereocenters. The van der Waals surface area contributed by atoms with Crippen LogP contribution in [-0.4, -0.2) is 19.9 Å². The number of fused-ring (bicyclic) bond motifs is 3. The quantitative estimate of drug-likeness (QED) is 0.0566. The van der Waals surface area contributed by atoms with Gasteiger partial charge >= 0.3 is 0 Å². The van der Waals surface area contributed by atoms with E-state index in [2.05, 4.69) is 80.6 Å². The van der Waals surface area contributed by atoms with E-state index >= 15 is 0 Å². The third-order valence-electron chi connectivity index (χ3n) is 11.9. The first kappa shape index (κ1) is 31.9. The van der Waals surface area contributed by atoms with Crippen LogP contribution in [-0.2, 0) is 0 Å². The normalized spacial score (nSPS) is 13.2. The molecule has 0 N–H and O–H groups in total. The summed E-state index contributed by atoms with van der Waals surface area (Å²) in [5.74, 6) is 2.04. The van der Waals surface area contributed by atoms with Gasteiger partial charge < -0.3 is 9.47 Å². The third kappa shape index (κ3) is 4.87. The van der Waals surface area contributed by atoms with Gasteiger partial charge in [0.1, 0.15) is 11.5 Å². The van der Waals surface area contributed by atoms with E-state index in [0.717, 1.165) is 37.6 Å². The first-order valence-electron chi connectivity index (χ1n) is 19.7. The molecule has 10 rings (SSSR count). The second-order valence-corrected chi connectivity index (χ2v) is 17.2. The predicted octanol–water partition coefficient (Wildman–Crippen LogP) is 12.4. The lowest BCUT2D eigenvalue weighted by atomic mass is 9.32. The number of rotatable bonds is 16. The van der Waals surface area contributed by atoms with Crippen LogP contribution in [0.15, 0.2) is 66.7 Å². The van der Waals surface area contributed by atoms with Crippen molar-refractivity contribution in [2.75, 3.05) is 13.2 Å². The lowest BCUT2D eigenvalue weighted by Crippen LogP contribution is -2.56. The van der Waals surface area contributed by atoms with Gasteiger partial charge in [0.15, 0.2) is 0 Å². The van der Waals surface area contributed by atoms with E-state index in [1.165, 1.54) is 154 Å². The van der Waals surface area contributed by atoms with Crippen LogP contribution in [0.3, 0.4) is 0 Å². The van der Waals surface area contributed by atoms with E-state index in [0.29, 0.717) is 0 Å². The van der Waals surface area contributed by atoms with Crippen molar-refractivity contribution in [1.82, 2.24) is 0 Å². The molecule has 0 amide bonds. The lowest BCUT2D eigenvalue weighted by Gasteiger charge is -2.32. The summed E-state index contributed by atoms with van der Waals surface area (Å²) < 4.78 is 16.3. The van der Waals surface area contributed by atoms with Gasteiger partial charge in [-0.25, -0.2) is 0 Å². The fourth-order valence-electron chi connectivity index (χ4n) is 9.56. The molecule has 0 fully saturated rings. The van der Waals surface area contributed by atoms with Gasteiger partial charge in [0, 0.05) is 29.9 Å². The number of thiophene rings is 2. The second-order valence-electron chi connectivity index (χ2n) is 15.1. The predicted molar refractivity (Wildman–Crippen MR) is 224 cm³/mol. The SMILES string of the molecule is CCCCCCCCOc1ccc2c3c4c5c(ccc(OCCCCCCCC)c5cc13)-c1sc3cccc5c3c1B4c1c-2sc2cccc-5c12. The Hall–Kier alpha value is -3.80. The molecule has 0 radical (unpaired) electrons. The number of unbranched alkanes of at least 4 members (excludes halogenated alkanes) is 10. The maximum atomic E-state index is 6.77. The molecule has 2 aromatic heterocycles. The maximum absolute atomic E-state index is 6.77. The molecule has 7 aromatic rings. The molecular formula is C46H45BO2S2. The highest BCUT2D eigenvalue weighted by atomic mass is 32.1. The van der Waals surface area contributed by atoms with Crippen LogP contribution in [0.5, 0.6) is 11.5 Å². The fraction of sp³-hybridized carbons (Fsp3) is 0.348. The largest absolute Gasteiger partial charge is 0.493 e. The average molecular weight is 705 g/mol. The van der Waals surface area contributed by atoms with Crippen LogP contribution in [0.2, 0.25) is 0 Å². The van der Waals surface area contributed by atoms with Gasteiger partial charge in [-0.05, 0) is 110 Å². The van der Waals surface area contributed by atoms with E-state index in [-0.39, 0.29) is 6.71 Å². The molecule has 5 heteroatoms. The van der Waals surface area contributed by atoms with Crippen LogP contribution in [0.1, 0.15) is 90.9 Å². The zero-order valence-electron chi connectivity index (χ0n) is 30.0. The number of hydrogen-bond acceptors (Lipinski definition) is 4. The summed E-state index contributed by atoms with van der Waals surface area (Å²) in [6.07, 6.45) is 15.1. The number of hydrogen-bond donors (Lipinski definition) is 0. The smallest absolute Gasteiger partial charge is 0.248 e. The molecule has 3 aliphatic rings. The zero-order valence-corrected chi connectivity index (χ0v) is 31.6. The van der Waals surface area contributed by atoms with E-state index < -0.39 is 0 Å². The van der Waals surface area contributed by atoms with Gasteiger partial charge in [0.2, 0.25) is 6.71 Å². The highest BCUT2D eigenvalue weighted by molar-refractivity contribution is 7.29. The van der Waals surface area contributed by atoms with Crippen molar-refractivity contribution in [3.05, 3.63) is 66.7 Å². The Morgan fingerprint density at radius 3 is 1.43 bits per heavy atom. The van der Waals surface area contributed by atoms with Gasteiger partial charge in [0.25, 0.3) is 0 Å². The van der Waals surface area contributed by atoms with Crippen molar-refractivity contribution in [3.63, 3.8) is 0 Å². The Balaban J connectivity index is 1.18. The Morgan fingerprint density at radius 2 is 0.941 bits per heavy atom. The highest BCUT2D eigenvalue weighted by Gasteiger charge is 2.45. The average Bonchev–Trinajstić information content (AvgIpc) is 3.71. The molecule has 0 saturated heterocycles. The molecule has 51 heavy (non-hydrogen) atoms. The summed E-state index contributed by atoms with van der Waals surface area (Å²) in [6.45, 7) is 6.29. The first-order chi connectivity index (χ1) is 25.3. The molecule has 0 saturated carbocycles. The van der Waals surface area contributed by atoms with Crippen molar-refractivity contribution < 1.29 is 9.47 Å². The fourth-order valence-corrected chi connectivity index (χ4v) is 12.2. The molecule has 256 valence electrons. The van der Waals surface area contributed by atoms with Crippen molar-refractivity contribution in [2.45, 2.75) is 90.9 Å². The Bertz CT molecular complexity index is 2320. The zero-order chi connectivity index (χ0) is 34.1. The summed E-state index contributed by atoms with van der Waals surface area (Å²) in [6, 6.07) is 25.7. The Morgan fingerprint density at radius 1 is 0.471 bits per heavy atom. The van der Waals surface area contributed by atoms with Gasteiger partial charge in [-0.15, -0.1) is 22.7 Å². The van der Waals surface area contributed by atoms with Crippen LogP contribution < -0.4 is 25.9 Å². The molecular weight excluding hydrogens is 659 g/mol. The lowest BCUT2D eigenvalue weighted by molar-refractivity contribution is 0.307. The highest BCUT2D eigenvalue weighted by Crippen LogP contribution is 2.52. The second kappa shape index (κ2) is 13.0. The van der Waals surface area contributed by atoms with Crippen molar-refractivity contribution in [2.24, 2.45) is 0 Å². The standard InChI is InChI=1S/C46H45BO2S2/c1-3-5-7-9-11-13-25-48-34-23-21-30-38-32(34)27-33-35(49-26-14-12-10-8-6-4-2)24-22-31-39(33)42(38)47-43-40-28(17-15-19-36(40)50-45(30)43)29-18-16-20-37-41(29)44(47)46(31)51-37/h15-24,27H,3-14,25-26H2,1-2H3. The van der Waals surface area contributed by atoms with Crippen LogP contribution in [0.25, 0.3) is 73.7 Å².